The summed E-state index contributed by atoms with van der Waals surface area (Å²) in [6, 6.07) is 5.57. The molecule has 0 fully saturated rings. The van der Waals surface area contributed by atoms with Gasteiger partial charge in [-0.3, -0.25) is 9.36 Å². The molecule has 0 radical (unpaired) electrons. The highest BCUT2D eigenvalue weighted by Gasteiger charge is 2.23. The average Bonchev–Trinajstić information content (AvgIpc) is 2.49. The van der Waals surface area contributed by atoms with E-state index in [-0.39, 0.29) is 16.6 Å². The lowest BCUT2D eigenvalue weighted by atomic mass is 10.1. The van der Waals surface area contributed by atoms with Crippen molar-refractivity contribution in [1.29, 1.82) is 0 Å². The number of aromatic carboxylic acids is 1. The summed E-state index contributed by atoms with van der Waals surface area (Å²) in [6.45, 7) is 0. The molecular formula is C16H7ClF3NO3. The smallest absolute Gasteiger partial charge is 0.342 e. The van der Waals surface area contributed by atoms with Crippen LogP contribution in [0.5, 0.6) is 0 Å². The summed E-state index contributed by atoms with van der Waals surface area (Å²) >= 11 is 6.00. The van der Waals surface area contributed by atoms with E-state index in [1.54, 1.807) is 0 Å². The number of hydrogen-bond acceptors (Lipinski definition) is 2. The van der Waals surface area contributed by atoms with Gasteiger partial charge in [-0.15, -0.1) is 0 Å². The number of pyridine rings is 1. The number of carboxylic acid groups (broad SMARTS) is 1. The Bertz CT molecular complexity index is 1060. The molecule has 0 saturated carbocycles. The molecule has 3 rings (SSSR count). The van der Waals surface area contributed by atoms with Crippen molar-refractivity contribution in [2.75, 3.05) is 0 Å². The first-order valence-electron chi connectivity index (χ1n) is 6.53. The number of aromatic nitrogens is 1. The van der Waals surface area contributed by atoms with E-state index >= 15 is 0 Å². The van der Waals surface area contributed by atoms with Gasteiger partial charge in [-0.25, -0.2) is 18.0 Å². The van der Waals surface area contributed by atoms with Crippen molar-refractivity contribution in [1.82, 2.24) is 4.57 Å². The van der Waals surface area contributed by atoms with Crippen LogP contribution in [-0.2, 0) is 0 Å². The summed E-state index contributed by atoms with van der Waals surface area (Å²) < 4.78 is 41.7. The number of halogens is 4. The van der Waals surface area contributed by atoms with Gasteiger partial charge >= 0.3 is 5.97 Å². The molecule has 2 aromatic carbocycles. The van der Waals surface area contributed by atoms with Crippen LogP contribution in [0.1, 0.15) is 10.4 Å². The molecule has 1 N–H and O–H groups in total. The van der Waals surface area contributed by atoms with Gasteiger partial charge in [0.15, 0.2) is 0 Å². The molecule has 0 spiro atoms. The lowest BCUT2D eigenvalue weighted by Gasteiger charge is -2.16. The number of carboxylic acids is 1. The molecule has 0 aliphatic carbocycles. The molecule has 3 aromatic rings. The zero-order chi connectivity index (χ0) is 17.6. The molecule has 0 amide bonds. The standard InChI is InChI=1S/C16H7ClF3NO3/c17-15-13(16(23)24)14(22)9-5-7(18)1-3-11(9)21(15)12-4-2-8(19)6-10(12)20/h1-6H,(H,23,24). The van der Waals surface area contributed by atoms with E-state index in [2.05, 4.69) is 0 Å². The van der Waals surface area contributed by atoms with Crippen molar-refractivity contribution in [3.63, 3.8) is 0 Å². The van der Waals surface area contributed by atoms with Crippen molar-refractivity contribution in [2.24, 2.45) is 0 Å². The van der Waals surface area contributed by atoms with Gasteiger partial charge in [-0.2, -0.15) is 0 Å². The summed E-state index contributed by atoms with van der Waals surface area (Å²) in [5.74, 6) is -4.29. The first kappa shape index (κ1) is 16.1. The van der Waals surface area contributed by atoms with E-state index in [0.29, 0.717) is 6.07 Å². The van der Waals surface area contributed by atoms with Crippen molar-refractivity contribution in [3.8, 4) is 5.69 Å². The van der Waals surface area contributed by atoms with E-state index in [1.165, 1.54) is 0 Å². The van der Waals surface area contributed by atoms with Gasteiger partial charge in [0.25, 0.3) is 0 Å². The van der Waals surface area contributed by atoms with Crippen molar-refractivity contribution < 1.29 is 23.1 Å². The Morgan fingerprint density at radius 1 is 1.04 bits per heavy atom. The maximum Gasteiger partial charge on any atom is 0.342 e. The van der Waals surface area contributed by atoms with Crippen LogP contribution in [0.4, 0.5) is 13.2 Å². The fourth-order valence-electron chi connectivity index (χ4n) is 2.41. The third-order valence-corrected chi connectivity index (χ3v) is 3.80. The van der Waals surface area contributed by atoms with Crippen molar-refractivity contribution in [2.45, 2.75) is 0 Å². The summed E-state index contributed by atoms with van der Waals surface area (Å²) in [6.07, 6.45) is 0. The van der Waals surface area contributed by atoms with E-state index in [4.69, 9.17) is 11.6 Å². The molecule has 24 heavy (non-hydrogen) atoms. The quantitative estimate of drug-likeness (QED) is 0.714. The van der Waals surface area contributed by atoms with E-state index in [9.17, 15) is 27.9 Å². The van der Waals surface area contributed by atoms with Gasteiger partial charge in [0.05, 0.1) is 11.2 Å². The fraction of sp³-hybridized carbons (Fsp3) is 0. The molecule has 0 unspecified atom stereocenters. The minimum Gasteiger partial charge on any atom is -0.477 e. The molecule has 0 aliphatic heterocycles. The molecule has 8 heteroatoms. The first-order chi connectivity index (χ1) is 11.3. The van der Waals surface area contributed by atoms with Crippen LogP contribution in [-0.4, -0.2) is 15.6 Å². The van der Waals surface area contributed by atoms with Gasteiger partial charge in [0.1, 0.15) is 28.2 Å². The average molecular weight is 354 g/mol. The van der Waals surface area contributed by atoms with E-state index in [0.717, 1.165) is 34.9 Å². The minimum absolute atomic E-state index is 0.0121. The molecular weight excluding hydrogens is 347 g/mol. The summed E-state index contributed by atoms with van der Waals surface area (Å²) in [7, 11) is 0. The zero-order valence-electron chi connectivity index (χ0n) is 11.7. The number of fused-ring (bicyclic) bond motifs is 1. The predicted octanol–water partition coefficient (Wildman–Crippen LogP) is 3.76. The third kappa shape index (κ3) is 2.43. The Kier molecular flexibility index (Phi) is 3.81. The SMILES string of the molecule is O=C(O)c1c(Cl)n(-c2ccc(F)cc2F)c2ccc(F)cc2c1=O. The monoisotopic (exact) mass is 353 g/mol. The second-order valence-corrected chi connectivity index (χ2v) is 5.25. The minimum atomic E-state index is -1.65. The topological polar surface area (TPSA) is 59.3 Å². The number of hydrogen-bond donors (Lipinski definition) is 1. The van der Waals surface area contributed by atoms with Crippen LogP contribution in [0.2, 0.25) is 5.15 Å². The highest BCUT2D eigenvalue weighted by atomic mass is 35.5. The van der Waals surface area contributed by atoms with Crippen LogP contribution in [0.15, 0.2) is 41.2 Å². The number of rotatable bonds is 2. The molecule has 0 atom stereocenters. The van der Waals surface area contributed by atoms with E-state index < -0.39 is 39.6 Å². The normalized spacial score (nSPS) is 11.0. The van der Waals surface area contributed by atoms with Crippen LogP contribution < -0.4 is 5.43 Å². The van der Waals surface area contributed by atoms with Gasteiger partial charge < -0.3 is 5.11 Å². The van der Waals surface area contributed by atoms with Crippen LogP contribution in [0.3, 0.4) is 0 Å². The summed E-state index contributed by atoms with van der Waals surface area (Å²) in [5.41, 5.74) is -2.12. The Hall–Kier alpha value is -2.80. The van der Waals surface area contributed by atoms with Gasteiger partial charge in [-0.1, -0.05) is 11.6 Å². The fourth-order valence-corrected chi connectivity index (χ4v) is 2.76. The van der Waals surface area contributed by atoms with Crippen molar-refractivity contribution >= 4 is 28.5 Å². The molecule has 0 aliphatic rings. The summed E-state index contributed by atoms with van der Waals surface area (Å²) in [4.78, 5) is 23.6. The largest absolute Gasteiger partial charge is 0.477 e. The van der Waals surface area contributed by atoms with Crippen LogP contribution in [0.25, 0.3) is 16.6 Å². The second-order valence-electron chi connectivity index (χ2n) is 4.89. The maximum absolute atomic E-state index is 14.1. The highest BCUT2D eigenvalue weighted by Crippen LogP contribution is 2.27. The van der Waals surface area contributed by atoms with Crippen molar-refractivity contribution in [3.05, 3.63) is 74.8 Å². The molecule has 1 heterocycles. The second kappa shape index (κ2) is 5.68. The molecule has 4 nitrogen and oxygen atoms in total. The number of nitrogens with zero attached hydrogens (tertiary/aromatic N) is 1. The predicted molar refractivity (Wildman–Crippen MR) is 81.4 cm³/mol. The molecule has 122 valence electrons. The molecule has 0 saturated heterocycles. The Labute approximate surface area is 137 Å². The lowest BCUT2D eigenvalue weighted by Crippen LogP contribution is -2.20. The van der Waals surface area contributed by atoms with Gasteiger partial charge in [0, 0.05) is 11.5 Å². The zero-order valence-corrected chi connectivity index (χ0v) is 12.4. The van der Waals surface area contributed by atoms with Crippen LogP contribution in [0, 0.1) is 17.5 Å². The number of benzene rings is 2. The Morgan fingerprint density at radius 3 is 2.29 bits per heavy atom. The van der Waals surface area contributed by atoms with Crippen LogP contribution >= 0.6 is 11.6 Å². The molecule has 0 bridgehead atoms. The number of carbonyl (C=O) groups is 1. The Morgan fingerprint density at radius 2 is 1.67 bits per heavy atom. The highest BCUT2D eigenvalue weighted by molar-refractivity contribution is 6.33. The first-order valence-corrected chi connectivity index (χ1v) is 6.91. The molecule has 1 aromatic heterocycles. The third-order valence-electron chi connectivity index (χ3n) is 3.44. The van der Waals surface area contributed by atoms with Gasteiger partial charge in [0.2, 0.25) is 5.43 Å². The van der Waals surface area contributed by atoms with E-state index in [1.807, 2.05) is 0 Å². The van der Waals surface area contributed by atoms with Gasteiger partial charge in [-0.05, 0) is 30.3 Å². The maximum atomic E-state index is 14.1. The lowest BCUT2D eigenvalue weighted by molar-refractivity contribution is 0.0695. The Balaban J connectivity index is 2.55. The summed E-state index contributed by atoms with van der Waals surface area (Å²) in [5, 5.41) is 8.35.